The first kappa shape index (κ1) is 13.2. The van der Waals surface area contributed by atoms with Gasteiger partial charge in [-0.25, -0.2) is 0 Å². The monoisotopic (exact) mass is 263 g/mol. The number of hydrogen-bond acceptors (Lipinski definition) is 5. The number of amides is 2. The molecule has 0 aliphatic carbocycles. The molecule has 0 atom stereocenters. The maximum atomic E-state index is 11.4. The molecule has 1 fully saturated rings. The van der Waals surface area contributed by atoms with E-state index >= 15 is 0 Å². The molecule has 0 saturated carbocycles. The minimum absolute atomic E-state index is 0.141. The zero-order valence-electron chi connectivity index (χ0n) is 10.8. The lowest BCUT2D eigenvalue weighted by atomic mass is 10.2. The Morgan fingerprint density at radius 1 is 1.26 bits per heavy atom. The SMILES string of the molecule is CCCOc1cc(N)cc(N2CC(=O)NC(=O)C2)c1. The van der Waals surface area contributed by atoms with Crippen LogP contribution in [0.15, 0.2) is 18.2 Å². The molecule has 1 aromatic carbocycles. The number of carbonyl (C=O) groups excluding carboxylic acids is 2. The van der Waals surface area contributed by atoms with Crippen molar-refractivity contribution in [3.63, 3.8) is 0 Å². The van der Waals surface area contributed by atoms with Crippen LogP contribution in [0.4, 0.5) is 11.4 Å². The van der Waals surface area contributed by atoms with Crippen LogP contribution in [0.5, 0.6) is 5.75 Å². The molecule has 6 heteroatoms. The molecule has 0 bridgehead atoms. The Labute approximate surface area is 111 Å². The second kappa shape index (κ2) is 5.60. The predicted molar refractivity (Wildman–Crippen MR) is 72.0 cm³/mol. The summed E-state index contributed by atoms with van der Waals surface area (Å²) in [6.45, 7) is 2.90. The lowest BCUT2D eigenvalue weighted by Gasteiger charge is -2.27. The van der Waals surface area contributed by atoms with E-state index in [1.807, 2.05) is 6.92 Å². The summed E-state index contributed by atoms with van der Waals surface area (Å²) >= 11 is 0. The summed E-state index contributed by atoms with van der Waals surface area (Å²) in [5.74, 6) is 0.0275. The fraction of sp³-hybridized carbons (Fsp3) is 0.385. The third-order valence-corrected chi connectivity index (χ3v) is 2.70. The number of rotatable bonds is 4. The third kappa shape index (κ3) is 3.37. The number of hydrogen-bond donors (Lipinski definition) is 2. The molecule has 1 aliphatic heterocycles. The minimum atomic E-state index is -0.310. The van der Waals surface area contributed by atoms with Gasteiger partial charge in [0.2, 0.25) is 11.8 Å². The number of carbonyl (C=O) groups is 2. The zero-order chi connectivity index (χ0) is 13.8. The van der Waals surface area contributed by atoms with Gasteiger partial charge >= 0.3 is 0 Å². The number of anilines is 2. The number of nitrogen functional groups attached to an aromatic ring is 1. The highest BCUT2D eigenvalue weighted by Gasteiger charge is 2.23. The van der Waals surface area contributed by atoms with Crippen molar-refractivity contribution in [2.24, 2.45) is 0 Å². The van der Waals surface area contributed by atoms with Crippen LogP contribution in [0, 0.1) is 0 Å². The number of benzene rings is 1. The molecule has 6 nitrogen and oxygen atoms in total. The van der Waals surface area contributed by atoms with E-state index in [2.05, 4.69) is 5.32 Å². The van der Waals surface area contributed by atoms with Crippen molar-refractivity contribution in [2.45, 2.75) is 13.3 Å². The summed E-state index contributed by atoms with van der Waals surface area (Å²) in [7, 11) is 0. The van der Waals surface area contributed by atoms with Crippen molar-refractivity contribution in [1.29, 1.82) is 0 Å². The lowest BCUT2D eigenvalue weighted by Crippen LogP contribution is -2.51. The first-order chi connectivity index (χ1) is 9.08. The molecule has 0 unspecified atom stereocenters. The first-order valence-electron chi connectivity index (χ1n) is 6.19. The predicted octanol–water partition coefficient (Wildman–Crippen LogP) is 0.520. The molecule has 0 aromatic heterocycles. The van der Waals surface area contributed by atoms with E-state index in [0.717, 1.165) is 6.42 Å². The summed E-state index contributed by atoms with van der Waals surface area (Å²) in [5, 5.41) is 2.26. The Morgan fingerprint density at radius 3 is 2.58 bits per heavy atom. The van der Waals surface area contributed by atoms with Gasteiger partial charge in [-0.05, 0) is 12.5 Å². The van der Waals surface area contributed by atoms with Gasteiger partial charge in [-0.3, -0.25) is 14.9 Å². The molecule has 1 saturated heterocycles. The molecule has 1 aromatic rings. The Hall–Kier alpha value is -2.24. The molecule has 19 heavy (non-hydrogen) atoms. The Morgan fingerprint density at radius 2 is 1.95 bits per heavy atom. The van der Waals surface area contributed by atoms with Crippen LogP contribution in [0.3, 0.4) is 0 Å². The molecule has 2 rings (SSSR count). The number of nitrogens with one attached hydrogen (secondary N) is 1. The van der Waals surface area contributed by atoms with Gasteiger partial charge in [-0.1, -0.05) is 6.92 Å². The Kier molecular flexibility index (Phi) is 3.89. The van der Waals surface area contributed by atoms with Crippen molar-refractivity contribution in [3.8, 4) is 5.75 Å². The second-order valence-electron chi connectivity index (χ2n) is 4.44. The number of piperazine rings is 1. The van der Waals surface area contributed by atoms with Gasteiger partial charge in [0.15, 0.2) is 0 Å². The fourth-order valence-corrected chi connectivity index (χ4v) is 1.91. The van der Waals surface area contributed by atoms with Crippen molar-refractivity contribution >= 4 is 23.2 Å². The van der Waals surface area contributed by atoms with Gasteiger partial charge in [0, 0.05) is 23.5 Å². The molecule has 0 spiro atoms. The summed E-state index contributed by atoms with van der Waals surface area (Å²) in [6.07, 6.45) is 0.898. The van der Waals surface area contributed by atoms with Gasteiger partial charge in [0.05, 0.1) is 19.7 Å². The lowest BCUT2D eigenvalue weighted by molar-refractivity contribution is -0.130. The quantitative estimate of drug-likeness (QED) is 0.611. The van der Waals surface area contributed by atoms with Crippen LogP contribution in [-0.4, -0.2) is 31.5 Å². The summed E-state index contributed by atoms with van der Waals surface area (Å²) in [5.41, 5.74) is 7.08. The molecule has 2 amide bonds. The van der Waals surface area contributed by atoms with Gasteiger partial charge < -0.3 is 15.4 Å². The standard InChI is InChI=1S/C13H17N3O3/c1-2-3-19-11-5-9(14)4-10(6-11)16-7-12(17)15-13(18)8-16/h4-6H,2-3,7-8,14H2,1H3,(H,15,17,18). The normalized spacial score (nSPS) is 15.3. The fourth-order valence-electron chi connectivity index (χ4n) is 1.91. The minimum Gasteiger partial charge on any atom is -0.493 e. The number of ether oxygens (including phenoxy) is 1. The summed E-state index contributed by atoms with van der Waals surface area (Å²) < 4.78 is 5.53. The first-order valence-corrected chi connectivity index (χ1v) is 6.19. The summed E-state index contributed by atoms with van der Waals surface area (Å²) in [6, 6.07) is 5.24. The van der Waals surface area contributed by atoms with Crippen molar-refractivity contribution < 1.29 is 14.3 Å². The molecule has 1 aliphatic rings. The highest BCUT2D eigenvalue weighted by atomic mass is 16.5. The van der Waals surface area contributed by atoms with Gasteiger partial charge in [-0.15, -0.1) is 0 Å². The zero-order valence-corrected chi connectivity index (χ0v) is 10.8. The molecular formula is C13H17N3O3. The molecule has 1 heterocycles. The second-order valence-corrected chi connectivity index (χ2v) is 4.44. The Bertz CT molecular complexity index is 486. The van der Waals surface area contributed by atoms with E-state index in [0.29, 0.717) is 23.7 Å². The van der Waals surface area contributed by atoms with E-state index in [-0.39, 0.29) is 24.9 Å². The van der Waals surface area contributed by atoms with E-state index in [9.17, 15) is 9.59 Å². The maximum Gasteiger partial charge on any atom is 0.246 e. The number of imide groups is 1. The van der Waals surface area contributed by atoms with Crippen molar-refractivity contribution in [2.75, 3.05) is 30.3 Å². The van der Waals surface area contributed by atoms with Crippen LogP contribution < -0.4 is 20.7 Å². The average Bonchev–Trinajstić information content (AvgIpc) is 2.34. The maximum absolute atomic E-state index is 11.4. The van der Waals surface area contributed by atoms with Crippen molar-refractivity contribution in [3.05, 3.63) is 18.2 Å². The van der Waals surface area contributed by atoms with Gasteiger partial charge in [0.1, 0.15) is 5.75 Å². The van der Waals surface area contributed by atoms with E-state index in [4.69, 9.17) is 10.5 Å². The number of nitrogens with two attached hydrogens (primary N) is 1. The average molecular weight is 263 g/mol. The van der Waals surface area contributed by atoms with Crippen LogP contribution in [-0.2, 0) is 9.59 Å². The molecule has 0 radical (unpaired) electrons. The third-order valence-electron chi connectivity index (χ3n) is 2.70. The van der Waals surface area contributed by atoms with Crippen LogP contribution in [0.1, 0.15) is 13.3 Å². The highest BCUT2D eigenvalue weighted by Crippen LogP contribution is 2.26. The number of nitrogens with zero attached hydrogens (tertiary/aromatic N) is 1. The van der Waals surface area contributed by atoms with Crippen LogP contribution in [0.2, 0.25) is 0 Å². The van der Waals surface area contributed by atoms with E-state index < -0.39 is 0 Å². The Balaban J connectivity index is 2.21. The van der Waals surface area contributed by atoms with E-state index in [1.165, 1.54) is 0 Å². The van der Waals surface area contributed by atoms with Gasteiger partial charge in [-0.2, -0.15) is 0 Å². The van der Waals surface area contributed by atoms with Crippen LogP contribution >= 0.6 is 0 Å². The molecule has 102 valence electrons. The molecule has 3 N–H and O–H groups in total. The van der Waals surface area contributed by atoms with Crippen LogP contribution in [0.25, 0.3) is 0 Å². The topological polar surface area (TPSA) is 84.7 Å². The highest BCUT2D eigenvalue weighted by molar-refractivity contribution is 6.02. The van der Waals surface area contributed by atoms with E-state index in [1.54, 1.807) is 23.1 Å². The molecular weight excluding hydrogens is 246 g/mol. The summed E-state index contributed by atoms with van der Waals surface area (Å²) in [4.78, 5) is 24.4. The smallest absolute Gasteiger partial charge is 0.246 e. The largest absolute Gasteiger partial charge is 0.493 e. The van der Waals surface area contributed by atoms with Crippen molar-refractivity contribution in [1.82, 2.24) is 5.32 Å². The van der Waals surface area contributed by atoms with Gasteiger partial charge in [0.25, 0.3) is 0 Å².